The quantitative estimate of drug-likeness (QED) is 0.504. The minimum absolute atomic E-state index is 0.179. The number of aliphatic carboxylic acids is 1. The Bertz CT molecular complexity index is 713. The van der Waals surface area contributed by atoms with Crippen LogP contribution in [0.3, 0.4) is 0 Å². The number of carboxylic acid groups (broad SMARTS) is 1. The van der Waals surface area contributed by atoms with Crippen molar-refractivity contribution in [3.63, 3.8) is 0 Å². The Hall–Kier alpha value is -2.32. The number of hydrogen-bond acceptors (Lipinski definition) is 5. The summed E-state index contributed by atoms with van der Waals surface area (Å²) in [7, 11) is 0. The van der Waals surface area contributed by atoms with Crippen LogP contribution < -0.4 is 10.6 Å². The van der Waals surface area contributed by atoms with Gasteiger partial charge in [-0.25, -0.2) is 9.59 Å². The smallest absolute Gasteiger partial charge is 0.408 e. The van der Waals surface area contributed by atoms with Crippen molar-refractivity contribution in [1.82, 2.24) is 15.5 Å². The van der Waals surface area contributed by atoms with E-state index in [1.54, 1.807) is 20.8 Å². The first kappa shape index (κ1) is 26.9. The third-order valence-corrected chi connectivity index (χ3v) is 6.84. The molecular weight excluding hydrogens is 426 g/mol. The van der Waals surface area contributed by atoms with Gasteiger partial charge in [0.1, 0.15) is 17.7 Å². The van der Waals surface area contributed by atoms with E-state index >= 15 is 0 Å². The first-order valence-electron chi connectivity index (χ1n) is 12.2. The van der Waals surface area contributed by atoms with Gasteiger partial charge in [-0.15, -0.1) is 0 Å². The number of carbonyl (C=O) groups excluding carboxylic acids is 3. The molecule has 0 spiro atoms. The van der Waals surface area contributed by atoms with Gasteiger partial charge in [0.2, 0.25) is 11.8 Å². The van der Waals surface area contributed by atoms with Crippen LogP contribution >= 0.6 is 0 Å². The highest BCUT2D eigenvalue weighted by molar-refractivity contribution is 5.91. The van der Waals surface area contributed by atoms with Crippen LogP contribution in [0.1, 0.15) is 79.6 Å². The molecule has 0 bridgehead atoms. The lowest BCUT2D eigenvalue weighted by molar-refractivity contribution is -0.148. The van der Waals surface area contributed by atoms with Crippen LogP contribution in [0.4, 0.5) is 4.79 Å². The van der Waals surface area contributed by atoms with Crippen LogP contribution in [-0.2, 0) is 19.1 Å². The Balaban J connectivity index is 1.98. The summed E-state index contributed by atoms with van der Waals surface area (Å²) in [5.41, 5.74) is -0.701. The van der Waals surface area contributed by atoms with Crippen LogP contribution in [0.2, 0.25) is 0 Å². The van der Waals surface area contributed by atoms with Gasteiger partial charge in [-0.3, -0.25) is 9.59 Å². The van der Waals surface area contributed by atoms with Crippen LogP contribution in [0.15, 0.2) is 0 Å². The minimum atomic E-state index is -1.00. The van der Waals surface area contributed by atoms with Crippen molar-refractivity contribution in [2.75, 3.05) is 13.1 Å². The lowest BCUT2D eigenvalue weighted by atomic mass is 9.79. The van der Waals surface area contributed by atoms with Crippen molar-refractivity contribution in [3.05, 3.63) is 0 Å². The van der Waals surface area contributed by atoms with E-state index in [0.29, 0.717) is 25.3 Å². The highest BCUT2D eigenvalue weighted by Crippen LogP contribution is 2.37. The Morgan fingerprint density at radius 3 is 2.27 bits per heavy atom. The van der Waals surface area contributed by atoms with Crippen LogP contribution in [0.5, 0.6) is 0 Å². The number of amides is 3. The van der Waals surface area contributed by atoms with Gasteiger partial charge in [-0.05, 0) is 44.9 Å². The molecule has 1 saturated carbocycles. The maximum atomic E-state index is 12.9. The zero-order valence-corrected chi connectivity index (χ0v) is 20.7. The van der Waals surface area contributed by atoms with Gasteiger partial charge >= 0.3 is 12.1 Å². The van der Waals surface area contributed by atoms with Gasteiger partial charge < -0.3 is 25.4 Å². The summed E-state index contributed by atoms with van der Waals surface area (Å²) in [5.74, 6) is -1.43. The summed E-state index contributed by atoms with van der Waals surface area (Å²) < 4.78 is 5.26. The standard InChI is InChI=1S/C24H41N3O6/c1-6-15(2)20(26-23(32)33-24(3,4)5)21(29)25-13-19(28)27-14-17(12-18(27)22(30)31)16-10-8-7-9-11-16/h15-18,20H,6-14H2,1-5H3,(H,25,29)(H,26,32)(H,30,31)/t15-,17?,18?,20-/m0/s1. The largest absolute Gasteiger partial charge is 0.480 e. The maximum absolute atomic E-state index is 12.9. The number of nitrogens with one attached hydrogen (secondary N) is 2. The van der Waals surface area contributed by atoms with Gasteiger partial charge in [0.15, 0.2) is 0 Å². The monoisotopic (exact) mass is 467 g/mol. The Kier molecular flexibility index (Phi) is 9.55. The molecule has 0 aromatic carbocycles. The van der Waals surface area contributed by atoms with Crippen molar-refractivity contribution in [1.29, 1.82) is 0 Å². The van der Waals surface area contributed by atoms with Gasteiger partial charge in [0.05, 0.1) is 6.54 Å². The molecule has 0 aromatic heterocycles. The van der Waals surface area contributed by atoms with Crippen molar-refractivity contribution in [2.45, 2.75) is 97.2 Å². The fraction of sp³-hybridized carbons (Fsp3) is 0.833. The number of rotatable bonds is 8. The average molecular weight is 468 g/mol. The molecule has 0 radical (unpaired) electrons. The second-order valence-electron chi connectivity index (χ2n) is 10.5. The van der Waals surface area contributed by atoms with Crippen LogP contribution in [0, 0.1) is 17.8 Å². The molecule has 2 fully saturated rings. The van der Waals surface area contributed by atoms with E-state index in [1.807, 2.05) is 13.8 Å². The number of nitrogens with zero attached hydrogens (tertiary/aromatic N) is 1. The average Bonchev–Trinajstić information content (AvgIpc) is 3.20. The molecule has 2 aliphatic rings. The first-order chi connectivity index (χ1) is 15.4. The Morgan fingerprint density at radius 2 is 1.73 bits per heavy atom. The number of hydrogen-bond donors (Lipinski definition) is 3. The lowest BCUT2D eigenvalue weighted by Gasteiger charge is -2.28. The van der Waals surface area contributed by atoms with Crippen LogP contribution in [0.25, 0.3) is 0 Å². The van der Waals surface area contributed by atoms with E-state index in [4.69, 9.17) is 4.74 Å². The maximum Gasteiger partial charge on any atom is 0.408 e. The molecule has 3 amide bonds. The third kappa shape index (κ3) is 7.89. The number of alkyl carbamates (subject to hydrolysis) is 1. The van der Waals surface area contributed by atoms with Gasteiger partial charge in [-0.2, -0.15) is 0 Å². The number of ether oxygens (including phenoxy) is 1. The molecule has 2 rings (SSSR count). The van der Waals surface area contributed by atoms with Gasteiger partial charge in [0.25, 0.3) is 0 Å². The second kappa shape index (κ2) is 11.7. The summed E-state index contributed by atoms with van der Waals surface area (Å²) in [4.78, 5) is 51.1. The molecule has 1 aliphatic heterocycles. The molecule has 1 saturated heterocycles. The van der Waals surface area contributed by atoms with Gasteiger partial charge in [-0.1, -0.05) is 52.4 Å². The molecule has 2 unspecified atom stereocenters. The predicted molar refractivity (Wildman–Crippen MR) is 123 cm³/mol. The Morgan fingerprint density at radius 1 is 1.09 bits per heavy atom. The predicted octanol–water partition coefficient (Wildman–Crippen LogP) is 2.92. The molecular formula is C24H41N3O6. The van der Waals surface area contributed by atoms with Gasteiger partial charge in [0, 0.05) is 6.54 Å². The molecule has 3 N–H and O–H groups in total. The Labute approximate surface area is 197 Å². The topological polar surface area (TPSA) is 125 Å². The summed E-state index contributed by atoms with van der Waals surface area (Å²) >= 11 is 0. The van der Waals surface area contributed by atoms with E-state index in [2.05, 4.69) is 10.6 Å². The number of likely N-dealkylation sites (tertiary alicyclic amines) is 1. The molecule has 33 heavy (non-hydrogen) atoms. The summed E-state index contributed by atoms with van der Waals surface area (Å²) in [6, 6.07) is -1.71. The molecule has 1 aliphatic carbocycles. The highest BCUT2D eigenvalue weighted by Gasteiger charge is 2.42. The number of carbonyl (C=O) groups is 4. The molecule has 4 atom stereocenters. The summed E-state index contributed by atoms with van der Waals surface area (Å²) in [5, 5.41) is 14.9. The van der Waals surface area contributed by atoms with Crippen molar-refractivity contribution < 1.29 is 29.0 Å². The van der Waals surface area contributed by atoms with E-state index in [9.17, 15) is 24.3 Å². The molecule has 188 valence electrons. The normalized spacial score (nSPS) is 23.5. The van der Waals surface area contributed by atoms with E-state index < -0.39 is 41.6 Å². The van der Waals surface area contributed by atoms with E-state index in [1.165, 1.54) is 11.3 Å². The van der Waals surface area contributed by atoms with Crippen LogP contribution in [-0.4, -0.2) is 64.7 Å². The highest BCUT2D eigenvalue weighted by atomic mass is 16.6. The second-order valence-corrected chi connectivity index (χ2v) is 10.5. The molecule has 1 heterocycles. The van der Waals surface area contributed by atoms with E-state index in [-0.39, 0.29) is 18.4 Å². The molecule has 9 heteroatoms. The zero-order valence-electron chi connectivity index (χ0n) is 20.7. The minimum Gasteiger partial charge on any atom is -0.480 e. The fourth-order valence-corrected chi connectivity index (χ4v) is 4.84. The van der Waals surface area contributed by atoms with Crippen molar-refractivity contribution in [2.24, 2.45) is 17.8 Å². The van der Waals surface area contributed by atoms with E-state index in [0.717, 1.165) is 25.7 Å². The zero-order chi connectivity index (χ0) is 24.8. The number of carboxylic acids is 1. The summed E-state index contributed by atoms with van der Waals surface area (Å²) in [6.07, 6.45) is 6.11. The SMILES string of the molecule is CC[C@H](C)[C@H](NC(=O)OC(C)(C)C)C(=O)NCC(=O)N1CC(C2CCCCC2)CC1C(=O)O. The fourth-order valence-electron chi connectivity index (χ4n) is 4.84. The van der Waals surface area contributed by atoms with Crippen molar-refractivity contribution >= 4 is 23.9 Å². The first-order valence-corrected chi connectivity index (χ1v) is 12.2. The third-order valence-electron chi connectivity index (χ3n) is 6.84. The molecule has 0 aromatic rings. The summed E-state index contributed by atoms with van der Waals surface area (Å²) in [6.45, 7) is 9.06. The lowest BCUT2D eigenvalue weighted by Crippen LogP contribution is -2.53. The van der Waals surface area contributed by atoms with Crippen molar-refractivity contribution in [3.8, 4) is 0 Å². The molecule has 9 nitrogen and oxygen atoms in total.